The van der Waals surface area contributed by atoms with Crippen molar-refractivity contribution in [2.24, 2.45) is 0 Å². The van der Waals surface area contributed by atoms with Gasteiger partial charge in [0.2, 0.25) is 0 Å². The second kappa shape index (κ2) is 9.32. The number of rotatable bonds is 7. The molecule has 30 heavy (non-hydrogen) atoms. The minimum absolute atomic E-state index is 0. The molecule has 0 aromatic heterocycles. The Kier molecular flexibility index (Phi) is 7.49. The van der Waals surface area contributed by atoms with Crippen molar-refractivity contribution >= 4 is 18.4 Å². The van der Waals surface area contributed by atoms with E-state index in [0.29, 0.717) is 36.1 Å². The summed E-state index contributed by atoms with van der Waals surface area (Å²) in [5.41, 5.74) is -0.0210. The van der Waals surface area contributed by atoms with Crippen molar-refractivity contribution in [3.8, 4) is 0 Å². The van der Waals surface area contributed by atoms with Crippen LogP contribution >= 0.6 is 12.4 Å². The third-order valence-electron chi connectivity index (χ3n) is 5.13. The highest BCUT2D eigenvalue weighted by Crippen LogP contribution is 2.46. The van der Waals surface area contributed by atoms with Crippen LogP contribution in [-0.4, -0.2) is 36.1 Å². The molecular weight excluding hydrogens is 426 g/mol. The van der Waals surface area contributed by atoms with E-state index < -0.39 is 29.1 Å². The smallest absolute Gasteiger partial charge is 0.416 e. The molecule has 0 spiro atoms. The SMILES string of the molecule is CN(CCCC1(c2ccc(F)cc2)OCc2cc(C(F)(F)F)ccc21)CC(=O)O.Cl. The van der Waals surface area contributed by atoms with Crippen LogP contribution in [0.2, 0.25) is 0 Å². The first-order valence-electron chi connectivity index (χ1n) is 9.13. The number of hydrogen-bond acceptors (Lipinski definition) is 3. The van der Waals surface area contributed by atoms with Gasteiger partial charge in [0, 0.05) is 0 Å². The van der Waals surface area contributed by atoms with E-state index in [1.165, 1.54) is 18.2 Å². The number of carbonyl (C=O) groups is 1. The van der Waals surface area contributed by atoms with Crippen molar-refractivity contribution in [3.05, 3.63) is 70.5 Å². The average Bonchev–Trinajstić information content (AvgIpc) is 3.00. The van der Waals surface area contributed by atoms with Crippen molar-refractivity contribution in [1.29, 1.82) is 0 Å². The van der Waals surface area contributed by atoms with Crippen molar-refractivity contribution < 1.29 is 32.2 Å². The standard InChI is InChI=1S/C21H21F4NO3.ClH/c1-26(12-19(27)28)10-2-9-20(15-3-6-17(22)7-4-15)18-8-5-16(21(23,24)25)11-14(18)13-29-20;/h3-8,11H,2,9-10,12-13H2,1H3,(H,27,28);1H. The summed E-state index contributed by atoms with van der Waals surface area (Å²) in [6, 6.07) is 9.28. The van der Waals surface area contributed by atoms with E-state index in [4.69, 9.17) is 9.84 Å². The Hall–Kier alpha value is -2.16. The molecule has 0 amide bonds. The number of aliphatic carboxylic acids is 1. The lowest BCUT2D eigenvalue weighted by atomic mass is 9.81. The lowest BCUT2D eigenvalue weighted by Gasteiger charge is -2.31. The number of hydrogen-bond donors (Lipinski definition) is 1. The van der Waals surface area contributed by atoms with Crippen LogP contribution in [0.5, 0.6) is 0 Å². The van der Waals surface area contributed by atoms with Crippen LogP contribution in [0.15, 0.2) is 42.5 Å². The highest BCUT2D eigenvalue weighted by atomic mass is 35.5. The predicted octanol–water partition coefficient (Wildman–Crippen LogP) is 4.84. The monoisotopic (exact) mass is 447 g/mol. The van der Waals surface area contributed by atoms with E-state index in [2.05, 4.69) is 0 Å². The summed E-state index contributed by atoms with van der Waals surface area (Å²) < 4.78 is 58.7. The Labute approximate surface area is 177 Å². The number of alkyl halides is 3. The maximum Gasteiger partial charge on any atom is 0.416 e. The highest BCUT2D eigenvalue weighted by molar-refractivity contribution is 5.85. The Bertz CT molecular complexity index is 889. The molecule has 0 saturated carbocycles. The molecule has 1 aliphatic heterocycles. The molecule has 1 heterocycles. The molecule has 4 nitrogen and oxygen atoms in total. The van der Waals surface area contributed by atoms with Gasteiger partial charge in [-0.2, -0.15) is 13.2 Å². The van der Waals surface area contributed by atoms with Crippen LogP contribution < -0.4 is 0 Å². The molecule has 1 aliphatic rings. The topological polar surface area (TPSA) is 49.8 Å². The van der Waals surface area contributed by atoms with Gasteiger partial charge in [-0.05, 0) is 67.4 Å². The predicted molar refractivity (Wildman–Crippen MR) is 105 cm³/mol. The molecule has 0 saturated heterocycles. The zero-order valence-electron chi connectivity index (χ0n) is 16.2. The van der Waals surface area contributed by atoms with E-state index in [1.54, 1.807) is 24.1 Å². The van der Waals surface area contributed by atoms with Crippen LogP contribution in [0.25, 0.3) is 0 Å². The Morgan fingerprint density at radius 3 is 2.47 bits per heavy atom. The number of benzene rings is 2. The average molecular weight is 448 g/mol. The number of ether oxygens (including phenoxy) is 1. The van der Waals surface area contributed by atoms with Crippen molar-refractivity contribution in [1.82, 2.24) is 4.90 Å². The molecular formula is C21H22ClF4NO3. The summed E-state index contributed by atoms with van der Waals surface area (Å²) in [5, 5.41) is 8.88. The zero-order chi connectivity index (χ0) is 21.2. The van der Waals surface area contributed by atoms with Gasteiger partial charge in [-0.3, -0.25) is 9.69 Å². The van der Waals surface area contributed by atoms with Crippen molar-refractivity contribution in [3.63, 3.8) is 0 Å². The van der Waals surface area contributed by atoms with E-state index in [-0.39, 0.29) is 25.6 Å². The summed E-state index contributed by atoms with van der Waals surface area (Å²) in [6.07, 6.45) is -3.49. The Balaban J connectivity index is 0.00000320. The third kappa shape index (κ3) is 5.11. The Morgan fingerprint density at radius 1 is 1.20 bits per heavy atom. The van der Waals surface area contributed by atoms with Crippen LogP contribution in [0.3, 0.4) is 0 Å². The maximum atomic E-state index is 13.4. The van der Waals surface area contributed by atoms with Crippen LogP contribution in [0, 0.1) is 5.82 Å². The third-order valence-corrected chi connectivity index (χ3v) is 5.13. The normalized spacial score (nSPS) is 18.2. The number of carboxylic acid groups (broad SMARTS) is 1. The number of fused-ring (bicyclic) bond motifs is 1. The zero-order valence-corrected chi connectivity index (χ0v) is 17.0. The largest absolute Gasteiger partial charge is 0.480 e. The van der Waals surface area contributed by atoms with Crippen LogP contribution in [0.1, 0.15) is 35.1 Å². The lowest BCUT2D eigenvalue weighted by molar-refractivity contribution is -0.138. The molecule has 0 fully saturated rings. The second-order valence-corrected chi connectivity index (χ2v) is 7.23. The van der Waals surface area contributed by atoms with E-state index in [9.17, 15) is 22.4 Å². The minimum atomic E-state index is -4.45. The number of carboxylic acids is 1. The summed E-state index contributed by atoms with van der Waals surface area (Å²) in [5.74, 6) is -1.36. The van der Waals surface area contributed by atoms with Gasteiger partial charge in [-0.1, -0.05) is 18.2 Å². The quantitative estimate of drug-likeness (QED) is 0.617. The van der Waals surface area contributed by atoms with Gasteiger partial charge in [-0.25, -0.2) is 4.39 Å². The van der Waals surface area contributed by atoms with Crippen LogP contribution in [-0.2, 0) is 27.9 Å². The van der Waals surface area contributed by atoms with Gasteiger partial charge < -0.3 is 9.84 Å². The second-order valence-electron chi connectivity index (χ2n) is 7.23. The first-order valence-corrected chi connectivity index (χ1v) is 9.13. The minimum Gasteiger partial charge on any atom is -0.480 e. The van der Waals surface area contributed by atoms with Crippen molar-refractivity contribution in [2.75, 3.05) is 20.1 Å². The molecule has 9 heteroatoms. The summed E-state index contributed by atoms with van der Waals surface area (Å²) >= 11 is 0. The van der Waals surface area contributed by atoms with Crippen molar-refractivity contribution in [2.45, 2.75) is 31.2 Å². The fourth-order valence-corrected chi connectivity index (χ4v) is 3.78. The van der Waals surface area contributed by atoms with Gasteiger partial charge >= 0.3 is 12.1 Å². The highest BCUT2D eigenvalue weighted by Gasteiger charge is 2.43. The molecule has 2 aromatic rings. The van der Waals surface area contributed by atoms with Gasteiger partial charge in [0.25, 0.3) is 0 Å². The van der Waals surface area contributed by atoms with Gasteiger partial charge in [-0.15, -0.1) is 12.4 Å². The molecule has 1 unspecified atom stereocenters. The molecule has 0 bridgehead atoms. The van der Waals surface area contributed by atoms with Gasteiger partial charge in [0.05, 0.1) is 18.7 Å². The Morgan fingerprint density at radius 2 is 1.87 bits per heavy atom. The molecule has 164 valence electrons. The van der Waals surface area contributed by atoms with Gasteiger partial charge in [0.1, 0.15) is 11.4 Å². The number of nitrogens with zero attached hydrogens (tertiary/aromatic N) is 1. The number of halogens is 5. The maximum absolute atomic E-state index is 13.4. The fraction of sp³-hybridized carbons (Fsp3) is 0.381. The summed E-state index contributed by atoms with van der Waals surface area (Å²) in [4.78, 5) is 12.5. The first-order chi connectivity index (χ1) is 13.6. The number of likely N-dealkylation sites (N-methyl/N-ethyl adjacent to an activating group) is 1. The molecule has 3 rings (SSSR count). The molecule has 1 atom stereocenters. The lowest BCUT2D eigenvalue weighted by Crippen LogP contribution is -2.31. The van der Waals surface area contributed by atoms with Crippen LogP contribution in [0.4, 0.5) is 17.6 Å². The van der Waals surface area contributed by atoms with E-state index in [1.807, 2.05) is 0 Å². The molecule has 0 aliphatic carbocycles. The van der Waals surface area contributed by atoms with E-state index >= 15 is 0 Å². The van der Waals surface area contributed by atoms with E-state index in [0.717, 1.165) is 12.1 Å². The summed E-state index contributed by atoms with van der Waals surface area (Å²) in [7, 11) is 1.68. The van der Waals surface area contributed by atoms with Gasteiger partial charge in [0.15, 0.2) is 0 Å². The molecule has 2 aromatic carbocycles. The molecule has 0 radical (unpaired) electrons. The fourth-order valence-electron chi connectivity index (χ4n) is 3.78. The summed E-state index contributed by atoms with van der Waals surface area (Å²) in [6.45, 7) is 0.367. The molecule has 1 N–H and O–H groups in total. The first kappa shape index (κ1) is 24.1.